The van der Waals surface area contributed by atoms with Crippen LogP contribution in [0.2, 0.25) is 0 Å². The normalized spacial score (nSPS) is 13.4. The third-order valence-corrected chi connectivity index (χ3v) is 2.15. The number of rotatable bonds is 6. The van der Waals surface area contributed by atoms with Gasteiger partial charge >= 0.3 is 0 Å². The number of hydrogen-bond acceptors (Lipinski definition) is 3. The quantitative estimate of drug-likeness (QED) is 0.723. The molecule has 0 bridgehead atoms. The van der Waals surface area contributed by atoms with Gasteiger partial charge in [-0.1, -0.05) is 13.8 Å². The molecule has 15 heavy (non-hydrogen) atoms. The third-order valence-electron chi connectivity index (χ3n) is 2.15. The van der Waals surface area contributed by atoms with Crippen LogP contribution in [0.1, 0.15) is 19.5 Å². The highest BCUT2D eigenvalue weighted by molar-refractivity contribution is 5.00. The Balaban J connectivity index is 2.21. The molecule has 1 unspecified atom stereocenters. The van der Waals surface area contributed by atoms with E-state index in [4.69, 9.17) is 0 Å². The minimum Gasteiger partial charge on any atom is -0.391 e. The average Bonchev–Trinajstić information content (AvgIpc) is 2.50. The first-order chi connectivity index (χ1) is 7.08. The molecular weight excluding hydrogens is 190 g/mol. The van der Waals surface area contributed by atoms with Crippen LogP contribution in [-0.4, -0.2) is 34.1 Å². The van der Waals surface area contributed by atoms with Crippen LogP contribution in [-0.2, 0) is 13.5 Å². The molecule has 1 aromatic rings. The smallest absolute Gasteiger partial charge is 0.0720 e. The maximum absolute atomic E-state index is 9.71. The summed E-state index contributed by atoms with van der Waals surface area (Å²) in [4.78, 5) is 0. The van der Waals surface area contributed by atoms with Crippen LogP contribution >= 0.6 is 0 Å². The fourth-order valence-corrected chi connectivity index (χ4v) is 1.42. The van der Waals surface area contributed by atoms with Gasteiger partial charge in [0, 0.05) is 26.2 Å². The van der Waals surface area contributed by atoms with E-state index in [9.17, 15) is 5.11 Å². The summed E-state index contributed by atoms with van der Waals surface area (Å²) in [5.41, 5.74) is 0.941. The van der Waals surface area contributed by atoms with E-state index in [0.717, 1.165) is 12.2 Å². The second-order valence-corrected chi connectivity index (χ2v) is 4.39. The van der Waals surface area contributed by atoms with Gasteiger partial charge in [-0.15, -0.1) is 0 Å². The van der Waals surface area contributed by atoms with E-state index in [0.29, 0.717) is 18.9 Å². The van der Waals surface area contributed by atoms with Crippen LogP contribution in [0.25, 0.3) is 0 Å². The number of aliphatic hydroxyl groups excluding tert-OH is 1. The molecule has 0 aliphatic rings. The molecule has 0 saturated heterocycles. The fourth-order valence-electron chi connectivity index (χ4n) is 1.42. The molecule has 1 atom stereocenters. The summed E-state index contributed by atoms with van der Waals surface area (Å²) < 4.78 is 1.75. The molecule has 0 fully saturated rings. The lowest BCUT2D eigenvalue weighted by molar-refractivity contribution is 0.169. The number of nitrogens with zero attached hydrogens (tertiary/aromatic N) is 2. The van der Waals surface area contributed by atoms with Crippen molar-refractivity contribution in [1.82, 2.24) is 15.1 Å². The lowest BCUT2D eigenvalue weighted by Gasteiger charge is -2.11. The van der Waals surface area contributed by atoms with Crippen molar-refractivity contribution in [3.63, 3.8) is 0 Å². The number of nitrogens with one attached hydrogen (secondary N) is 1. The van der Waals surface area contributed by atoms with Gasteiger partial charge in [-0.3, -0.25) is 4.68 Å². The third kappa shape index (κ3) is 4.95. The summed E-state index contributed by atoms with van der Waals surface area (Å²) in [5.74, 6) is 0.618. The maximum Gasteiger partial charge on any atom is 0.0720 e. The number of hydrogen-bond donors (Lipinski definition) is 2. The van der Waals surface area contributed by atoms with Crippen molar-refractivity contribution in [2.45, 2.75) is 26.4 Å². The molecule has 1 rings (SSSR count). The van der Waals surface area contributed by atoms with Crippen molar-refractivity contribution in [3.05, 3.63) is 18.0 Å². The number of aryl methyl sites for hydroxylation is 1. The zero-order valence-corrected chi connectivity index (χ0v) is 9.77. The molecule has 0 spiro atoms. The molecule has 0 radical (unpaired) electrons. The average molecular weight is 211 g/mol. The lowest BCUT2D eigenvalue weighted by atomic mass is 10.2. The summed E-state index contributed by atoms with van der Waals surface area (Å²) in [7, 11) is 1.88. The van der Waals surface area contributed by atoms with Gasteiger partial charge in [0.2, 0.25) is 0 Å². The highest BCUT2D eigenvalue weighted by Gasteiger charge is 2.07. The molecule has 2 N–H and O–H groups in total. The van der Waals surface area contributed by atoms with Gasteiger partial charge in [-0.25, -0.2) is 0 Å². The van der Waals surface area contributed by atoms with Crippen molar-refractivity contribution in [2.24, 2.45) is 13.0 Å². The lowest BCUT2D eigenvalue weighted by Crippen LogP contribution is -2.31. The zero-order valence-electron chi connectivity index (χ0n) is 9.77. The van der Waals surface area contributed by atoms with E-state index in [1.54, 1.807) is 4.68 Å². The molecular formula is C11H21N3O. The largest absolute Gasteiger partial charge is 0.391 e. The van der Waals surface area contributed by atoms with Crippen LogP contribution in [0, 0.1) is 5.92 Å². The summed E-state index contributed by atoms with van der Waals surface area (Å²) in [5, 5.41) is 17.2. The van der Waals surface area contributed by atoms with Crippen LogP contribution < -0.4 is 5.32 Å². The van der Waals surface area contributed by atoms with E-state index >= 15 is 0 Å². The van der Waals surface area contributed by atoms with Crippen LogP contribution in [0.5, 0.6) is 0 Å². The minimum atomic E-state index is -0.348. The van der Waals surface area contributed by atoms with E-state index in [-0.39, 0.29) is 6.10 Å². The molecule has 0 aliphatic heterocycles. The highest BCUT2D eigenvalue weighted by atomic mass is 16.3. The predicted molar refractivity (Wildman–Crippen MR) is 60.6 cm³/mol. The SMILES string of the molecule is CC(C)CNCC(O)Cc1ccn(C)n1. The van der Waals surface area contributed by atoms with Crippen LogP contribution in [0.4, 0.5) is 0 Å². The summed E-state index contributed by atoms with van der Waals surface area (Å²) in [6, 6.07) is 1.94. The van der Waals surface area contributed by atoms with Crippen molar-refractivity contribution in [3.8, 4) is 0 Å². The van der Waals surface area contributed by atoms with Gasteiger partial charge in [-0.2, -0.15) is 5.10 Å². The zero-order chi connectivity index (χ0) is 11.3. The van der Waals surface area contributed by atoms with Crippen LogP contribution in [0.3, 0.4) is 0 Å². The summed E-state index contributed by atoms with van der Waals surface area (Å²) >= 11 is 0. The molecule has 0 amide bonds. The Hall–Kier alpha value is -0.870. The Morgan fingerprint density at radius 1 is 1.47 bits per heavy atom. The molecule has 86 valence electrons. The first kappa shape index (κ1) is 12.2. The monoisotopic (exact) mass is 211 g/mol. The maximum atomic E-state index is 9.71. The van der Waals surface area contributed by atoms with E-state index < -0.39 is 0 Å². The van der Waals surface area contributed by atoms with Gasteiger partial charge in [0.25, 0.3) is 0 Å². The number of aromatic nitrogens is 2. The standard InChI is InChI=1S/C11H21N3O/c1-9(2)7-12-8-11(15)6-10-4-5-14(3)13-10/h4-5,9,11-12,15H,6-8H2,1-3H3. The highest BCUT2D eigenvalue weighted by Crippen LogP contribution is 1.99. The summed E-state index contributed by atoms with van der Waals surface area (Å²) in [6.45, 7) is 5.88. The fraction of sp³-hybridized carbons (Fsp3) is 0.727. The first-order valence-corrected chi connectivity index (χ1v) is 5.45. The van der Waals surface area contributed by atoms with Crippen molar-refractivity contribution in [2.75, 3.05) is 13.1 Å². The van der Waals surface area contributed by atoms with E-state index in [2.05, 4.69) is 24.3 Å². The van der Waals surface area contributed by atoms with Gasteiger partial charge in [0.05, 0.1) is 11.8 Å². The Morgan fingerprint density at radius 3 is 2.73 bits per heavy atom. The van der Waals surface area contributed by atoms with Gasteiger partial charge in [-0.05, 0) is 18.5 Å². The predicted octanol–water partition coefficient (Wildman–Crippen LogP) is 0.569. The molecule has 4 heteroatoms. The molecule has 1 heterocycles. The van der Waals surface area contributed by atoms with Gasteiger partial charge in [0.1, 0.15) is 0 Å². The Kier molecular flexibility index (Phi) is 4.78. The second kappa shape index (κ2) is 5.88. The van der Waals surface area contributed by atoms with Crippen molar-refractivity contribution < 1.29 is 5.11 Å². The molecule has 1 aromatic heterocycles. The first-order valence-electron chi connectivity index (χ1n) is 5.45. The molecule has 0 aromatic carbocycles. The van der Waals surface area contributed by atoms with Crippen molar-refractivity contribution >= 4 is 0 Å². The molecule has 4 nitrogen and oxygen atoms in total. The topological polar surface area (TPSA) is 50.1 Å². The van der Waals surface area contributed by atoms with E-state index in [1.165, 1.54) is 0 Å². The summed E-state index contributed by atoms with van der Waals surface area (Å²) in [6.07, 6.45) is 2.16. The van der Waals surface area contributed by atoms with E-state index in [1.807, 2.05) is 19.3 Å². The molecule has 0 aliphatic carbocycles. The van der Waals surface area contributed by atoms with Crippen molar-refractivity contribution in [1.29, 1.82) is 0 Å². The Labute approximate surface area is 91.3 Å². The molecule has 0 saturated carbocycles. The van der Waals surface area contributed by atoms with Crippen LogP contribution in [0.15, 0.2) is 12.3 Å². The Morgan fingerprint density at radius 2 is 2.20 bits per heavy atom. The van der Waals surface area contributed by atoms with Gasteiger partial charge < -0.3 is 10.4 Å². The number of aliphatic hydroxyl groups is 1. The minimum absolute atomic E-state index is 0.348. The second-order valence-electron chi connectivity index (χ2n) is 4.39. The van der Waals surface area contributed by atoms with Gasteiger partial charge in [0.15, 0.2) is 0 Å². The Bertz CT molecular complexity index is 283.